The molecule has 3 aliphatic rings. The number of carbonyl (C=O) groups is 2. The van der Waals surface area contributed by atoms with Crippen molar-refractivity contribution in [2.24, 2.45) is 0 Å². The van der Waals surface area contributed by atoms with Gasteiger partial charge in [0, 0.05) is 24.1 Å². The minimum atomic E-state index is -0.614. The number of carbonyl (C=O) groups excluding carboxylic acids is 2. The molecule has 2 fully saturated rings. The standard InChI is InChI=1S/C32H29FN4O4/c1-17-3-4-21(29(38)36-32(13-14-32)31-35-28(37-41-31)19-5-6-19)16-23(17)20-9-12-25-24(15-20)26(30(39)34-2)27(40-25)18-7-10-22(33)11-8-18/h3-4,7-12,15-16,19,26-27H,5-6,13-14H2,1-2H3,(H,34,39)(H,36,38). The van der Waals surface area contributed by atoms with Crippen molar-refractivity contribution in [3.05, 3.63) is 100 Å². The largest absolute Gasteiger partial charge is 0.484 e. The molecule has 208 valence electrons. The lowest BCUT2D eigenvalue weighted by molar-refractivity contribution is -0.123. The molecular weight excluding hydrogens is 523 g/mol. The van der Waals surface area contributed by atoms with Crippen LogP contribution in [-0.4, -0.2) is 29.0 Å². The maximum absolute atomic E-state index is 13.6. The topological polar surface area (TPSA) is 106 Å². The molecule has 2 aliphatic carbocycles. The van der Waals surface area contributed by atoms with E-state index in [0.29, 0.717) is 28.7 Å². The van der Waals surface area contributed by atoms with Crippen molar-refractivity contribution < 1.29 is 23.2 Å². The molecule has 3 aromatic carbocycles. The second-order valence-electron chi connectivity index (χ2n) is 11.2. The van der Waals surface area contributed by atoms with Crippen molar-refractivity contribution >= 4 is 11.8 Å². The van der Waals surface area contributed by atoms with Crippen LogP contribution in [0.5, 0.6) is 5.75 Å². The molecule has 1 aromatic heterocycles. The normalized spacial score (nSPS) is 20.2. The van der Waals surface area contributed by atoms with Gasteiger partial charge in [0.2, 0.25) is 5.91 Å². The Hall–Kier alpha value is -4.53. The Morgan fingerprint density at radius 1 is 1.02 bits per heavy atom. The summed E-state index contributed by atoms with van der Waals surface area (Å²) in [6, 6.07) is 17.3. The summed E-state index contributed by atoms with van der Waals surface area (Å²) in [6.07, 6.45) is 3.08. The summed E-state index contributed by atoms with van der Waals surface area (Å²) in [4.78, 5) is 31.0. The number of fused-ring (bicyclic) bond motifs is 1. The Balaban J connectivity index is 1.17. The Labute approximate surface area is 236 Å². The number of ether oxygens (including phenoxy) is 1. The quantitative estimate of drug-likeness (QED) is 0.316. The lowest BCUT2D eigenvalue weighted by atomic mass is 9.88. The molecule has 4 aromatic rings. The number of amides is 2. The van der Waals surface area contributed by atoms with Gasteiger partial charge in [0.1, 0.15) is 29.1 Å². The van der Waals surface area contributed by atoms with E-state index in [9.17, 15) is 14.0 Å². The van der Waals surface area contributed by atoms with Crippen LogP contribution in [0.25, 0.3) is 11.1 Å². The SMILES string of the molecule is CNC(=O)C1c2cc(-c3cc(C(=O)NC4(c5nc(C6CC6)no5)CC4)ccc3C)ccc2OC1c1ccc(F)cc1. The monoisotopic (exact) mass is 552 g/mol. The molecule has 2 unspecified atom stereocenters. The highest BCUT2D eigenvalue weighted by molar-refractivity contribution is 5.96. The molecule has 2 amide bonds. The van der Waals surface area contributed by atoms with Crippen molar-refractivity contribution in [3.8, 4) is 16.9 Å². The molecule has 2 heterocycles. The zero-order chi connectivity index (χ0) is 28.3. The van der Waals surface area contributed by atoms with E-state index in [1.165, 1.54) is 12.1 Å². The lowest BCUT2D eigenvalue weighted by Gasteiger charge is -2.18. The maximum Gasteiger partial charge on any atom is 0.252 e. The second-order valence-corrected chi connectivity index (χ2v) is 11.2. The zero-order valence-electron chi connectivity index (χ0n) is 22.7. The van der Waals surface area contributed by atoms with Crippen molar-refractivity contribution in [3.63, 3.8) is 0 Å². The first kappa shape index (κ1) is 25.4. The Bertz CT molecular complexity index is 1670. The predicted molar refractivity (Wildman–Crippen MR) is 148 cm³/mol. The van der Waals surface area contributed by atoms with Crippen LogP contribution in [0, 0.1) is 12.7 Å². The van der Waals surface area contributed by atoms with Crippen LogP contribution < -0.4 is 15.4 Å². The van der Waals surface area contributed by atoms with Gasteiger partial charge in [-0.25, -0.2) is 4.39 Å². The van der Waals surface area contributed by atoms with Crippen LogP contribution in [0.15, 0.2) is 65.2 Å². The van der Waals surface area contributed by atoms with Gasteiger partial charge in [-0.15, -0.1) is 0 Å². The minimum Gasteiger partial charge on any atom is -0.484 e. The zero-order valence-corrected chi connectivity index (χ0v) is 22.7. The van der Waals surface area contributed by atoms with Gasteiger partial charge in [0.15, 0.2) is 5.82 Å². The third kappa shape index (κ3) is 4.55. The number of nitrogens with zero attached hydrogens (tertiary/aromatic N) is 2. The third-order valence-corrected chi connectivity index (χ3v) is 8.34. The molecule has 1 aliphatic heterocycles. The van der Waals surface area contributed by atoms with Crippen molar-refractivity contribution in [1.29, 1.82) is 0 Å². The summed E-state index contributed by atoms with van der Waals surface area (Å²) in [5.74, 6) is 0.825. The first-order valence-electron chi connectivity index (χ1n) is 13.9. The second kappa shape index (κ2) is 9.54. The third-order valence-electron chi connectivity index (χ3n) is 8.34. The van der Waals surface area contributed by atoms with Crippen LogP contribution in [0.4, 0.5) is 4.39 Å². The van der Waals surface area contributed by atoms with Crippen LogP contribution in [0.1, 0.15) is 82.4 Å². The summed E-state index contributed by atoms with van der Waals surface area (Å²) >= 11 is 0. The number of hydrogen-bond acceptors (Lipinski definition) is 6. The highest BCUT2D eigenvalue weighted by Gasteiger charge is 2.51. The van der Waals surface area contributed by atoms with Crippen LogP contribution in [-0.2, 0) is 10.3 Å². The molecule has 0 bridgehead atoms. The Morgan fingerprint density at radius 3 is 2.51 bits per heavy atom. The van der Waals surface area contributed by atoms with Gasteiger partial charge in [0.05, 0.1) is 0 Å². The van der Waals surface area contributed by atoms with Crippen LogP contribution >= 0.6 is 0 Å². The van der Waals surface area contributed by atoms with Crippen molar-refractivity contribution in [2.75, 3.05) is 7.05 Å². The number of halogens is 1. The molecule has 2 saturated carbocycles. The summed E-state index contributed by atoms with van der Waals surface area (Å²) in [7, 11) is 1.59. The van der Waals surface area contributed by atoms with E-state index in [1.54, 1.807) is 19.2 Å². The number of aromatic nitrogens is 2. The summed E-state index contributed by atoms with van der Waals surface area (Å²) in [5, 5.41) is 10.00. The fourth-order valence-electron chi connectivity index (χ4n) is 5.60. The van der Waals surface area contributed by atoms with Crippen LogP contribution in [0.2, 0.25) is 0 Å². The number of aryl methyl sites for hydroxylation is 1. The molecule has 0 saturated heterocycles. The minimum absolute atomic E-state index is 0.194. The van der Waals surface area contributed by atoms with Gasteiger partial charge in [-0.1, -0.05) is 29.4 Å². The number of rotatable bonds is 7. The molecule has 2 atom stereocenters. The summed E-state index contributed by atoms with van der Waals surface area (Å²) in [5.41, 5.74) is 4.09. The summed E-state index contributed by atoms with van der Waals surface area (Å²) < 4.78 is 25.3. The molecule has 9 heteroatoms. The highest BCUT2D eigenvalue weighted by Crippen LogP contribution is 2.48. The van der Waals surface area contributed by atoms with Gasteiger partial charge >= 0.3 is 0 Å². The predicted octanol–water partition coefficient (Wildman–Crippen LogP) is 5.44. The Morgan fingerprint density at radius 2 is 1.80 bits per heavy atom. The van der Waals surface area contributed by atoms with Gasteiger partial charge in [-0.3, -0.25) is 9.59 Å². The van der Waals surface area contributed by atoms with E-state index in [0.717, 1.165) is 53.8 Å². The first-order valence-corrected chi connectivity index (χ1v) is 13.9. The van der Waals surface area contributed by atoms with Gasteiger partial charge < -0.3 is 19.9 Å². The average Bonchev–Trinajstić information content (AvgIpc) is 3.90. The van der Waals surface area contributed by atoms with Crippen molar-refractivity contribution in [1.82, 2.24) is 20.8 Å². The van der Waals surface area contributed by atoms with Gasteiger partial charge in [-0.05, 0) is 91.3 Å². The van der Waals surface area contributed by atoms with E-state index in [4.69, 9.17) is 9.26 Å². The molecule has 41 heavy (non-hydrogen) atoms. The van der Waals surface area contributed by atoms with E-state index in [1.807, 2.05) is 43.3 Å². The molecule has 0 spiro atoms. The number of nitrogens with one attached hydrogen (secondary N) is 2. The highest BCUT2D eigenvalue weighted by atomic mass is 19.1. The molecule has 7 rings (SSSR count). The number of hydrogen-bond donors (Lipinski definition) is 2. The van der Waals surface area contributed by atoms with E-state index < -0.39 is 17.6 Å². The number of benzene rings is 3. The smallest absolute Gasteiger partial charge is 0.252 e. The van der Waals surface area contributed by atoms with Gasteiger partial charge in [-0.2, -0.15) is 4.98 Å². The van der Waals surface area contributed by atoms with E-state index >= 15 is 0 Å². The number of likely N-dealkylation sites (N-methyl/N-ethyl adjacent to an activating group) is 1. The molecule has 8 nitrogen and oxygen atoms in total. The maximum atomic E-state index is 13.6. The van der Waals surface area contributed by atoms with E-state index in [2.05, 4.69) is 20.8 Å². The average molecular weight is 553 g/mol. The first-order chi connectivity index (χ1) is 19.8. The molecular formula is C32H29FN4O4. The molecule has 0 radical (unpaired) electrons. The van der Waals surface area contributed by atoms with Gasteiger partial charge in [0.25, 0.3) is 11.8 Å². The summed E-state index contributed by atoms with van der Waals surface area (Å²) in [6.45, 7) is 1.98. The fourth-order valence-corrected chi connectivity index (χ4v) is 5.60. The van der Waals surface area contributed by atoms with Crippen molar-refractivity contribution in [2.45, 2.75) is 56.1 Å². The lowest BCUT2D eigenvalue weighted by Crippen LogP contribution is -2.35. The Kier molecular flexibility index (Phi) is 5.92. The van der Waals surface area contributed by atoms with Crippen LogP contribution in [0.3, 0.4) is 0 Å². The molecule has 2 N–H and O–H groups in total. The van der Waals surface area contributed by atoms with E-state index in [-0.39, 0.29) is 17.6 Å². The fraction of sp³-hybridized carbons (Fsp3) is 0.312.